The predicted molar refractivity (Wildman–Crippen MR) is 66.8 cm³/mol. The van der Waals surface area contributed by atoms with Crippen molar-refractivity contribution in [3.63, 3.8) is 0 Å². The van der Waals surface area contributed by atoms with Crippen molar-refractivity contribution in [1.82, 2.24) is 9.97 Å². The SMILES string of the molecule is COc1ccc2nc(CCC(=O)O)nc(C)c2c1. The van der Waals surface area contributed by atoms with E-state index < -0.39 is 5.97 Å². The molecule has 1 aromatic carbocycles. The average molecular weight is 246 g/mol. The molecule has 0 spiro atoms. The molecular weight excluding hydrogens is 232 g/mol. The van der Waals surface area contributed by atoms with Crippen LogP contribution in [0.3, 0.4) is 0 Å². The average Bonchev–Trinajstić information content (AvgIpc) is 2.36. The molecule has 0 unspecified atom stereocenters. The normalized spacial score (nSPS) is 10.6. The van der Waals surface area contributed by atoms with E-state index in [4.69, 9.17) is 9.84 Å². The van der Waals surface area contributed by atoms with Crippen molar-refractivity contribution in [2.75, 3.05) is 7.11 Å². The third-order valence-electron chi connectivity index (χ3n) is 2.70. The smallest absolute Gasteiger partial charge is 0.303 e. The van der Waals surface area contributed by atoms with Crippen LogP contribution in [0.1, 0.15) is 17.9 Å². The summed E-state index contributed by atoms with van der Waals surface area (Å²) >= 11 is 0. The molecule has 0 saturated heterocycles. The summed E-state index contributed by atoms with van der Waals surface area (Å²) < 4.78 is 5.15. The molecule has 5 heteroatoms. The summed E-state index contributed by atoms with van der Waals surface area (Å²) in [5.41, 5.74) is 1.64. The summed E-state index contributed by atoms with van der Waals surface area (Å²) in [6.45, 7) is 1.88. The van der Waals surface area contributed by atoms with E-state index in [1.54, 1.807) is 7.11 Å². The zero-order valence-electron chi connectivity index (χ0n) is 10.3. The highest BCUT2D eigenvalue weighted by Gasteiger charge is 2.07. The van der Waals surface area contributed by atoms with Gasteiger partial charge in [0, 0.05) is 17.5 Å². The van der Waals surface area contributed by atoms with Crippen molar-refractivity contribution in [3.05, 3.63) is 29.7 Å². The minimum Gasteiger partial charge on any atom is -0.497 e. The summed E-state index contributed by atoms with van der Waals surface area (Å²) in [6, 6.07) is 5.56. The lowest BCUT2D eigenvalue weighted by molar-refractivity contribution is -0.137. The van der Waals surface area contributed by atoms with Crippen LogP contribution >= 0.6 is 0 Å². The van der Waals surface area contributed by atoms with E-state index in [-0.39, 0.29) is 6.42 Å². The van der Waals surface area contributed by atoms with Crippen LogP contribution in [0.5, 0.6) is 5.75 Å². The second-order valence-corrected chi connectivity index (χ2v) is 4.00. The first-order valence-electron chi connectivity index (χ1n) is 5.63. The molecule has 94 valence electrons. The fraction of sp³-hybridized carbons (Fsp3) is 0.308. The first kappa shape index (κ1) is 12.3. The molecule has 0 fully saturated rings. The zero-order valence-corrected chi connectivity index (χ0v) is 10.3. The predicted octanol–water partition coefficient (Wildman–Crippen LogP) is 1.96. The van der Waals surface area contributed by atoms with Gasteiger partial charge in [-0.1, -0.05) is 0 Å². The Hall–Kier alpha value is -2.17. The van der Waals surface area contributed by atoms with Crippen LogP contribution < -0.4 is 4.74 Å². The van der Waals surface area contributed by atoms with Gasteiger partial charge in [-0.2, -0.15) is 0 Å². The number of nitrogens with zero attached hydrogens (tertiary/aromatic N) is 2. The Morgan fingerprint density at radius 3 is 2.83 bits per heavy atom. The van der Waals surface area contributed by atoms with Gasteiger partial charge in [0.05, 0.1) is 19.0 Å². The second kappa shape index (κ2) is 5.00. The van der Waals surface area contributed by atoms with Crippen LogP contribution in [0.4, 0.5) is 0 Å². The first-order valence-corrected chi connectivity index (χ1v) is 5.63. The van der Waals surface area contributed by atoms with Crippen molar-refractivity contribution < 1.29 is 14.6 Å². The Kier molecular flexibility index (Phi) is 3.41. The van der Waals surface area contributed by atoms with Crippen LogP contribution in [-0.4, -0.2) is 28.2 Å². The molecule has 1 N–H and O–H groups in total. The summed E-state index contributed by atoms with van der Waals surface area (Å²) in [5.74, 6) is 0.478. The van der Waals surface area contributed by atoms with E-state index in [0.29, 0.717) is 12.2 Å². The van der Waals surface area contributed by atoms with Gasteiger partial charge in [0.2, 0.25) is 0 Å². The van der Waals surface area contributed by atoms with Crippen molar-refractivity contribution in [1.29, 1.82) is 0 Å². The minimum atomic E-state index is -0.842. The first-order chi connectivity index (χ1) is 8.60. The van der Waals surface area contributed by atoms with Gasteiger partial charge in [0.1, 0.15) is 11.6 Å². The number of aryl methyl sites for hydroxylation is 2. The Morgan fingerprint density at radius 1 is 1.39 bits per heavy atom. The number of rotatable bonds is 4. The van der Waals surface area contributed by atoms with Gasteiger partial charge in [-0.25, -0.2) is 9.97 Å². The lowest BCUT2D eigenvalue weighted by atomic mass is 10.1. The number of carbonyl (C=O) groups is 1. The number of aliphatic carboxylic acids is 1. The highest BCUT2D eigenvalue weighted by Crippen LogP contribution is 2.21. The van der Waals surface area contributed by atoms with E-state index in [1.165, 1.54) is 0 Å². The van der Waals surface area contributed by atoms with Crippen LogP contribution in [0.25, 0.3) is 10.9 Å². The maximum atomic E-state index is 10.5. The molecule has 5 nitrogen and oxygen atoms in total. The highest BCUT2D eigenvalue weighted by atomic mass is 16.5. The minimum absolute atomic E-state index is 0.0428. The van der Waals surface area contributed by atoms with Gasteiger partial charge in [-0.05, 0) is 25.1 Å². The van der Waals surface area contributed by atoms with Crippen molar-refractivity contribution >= 4 is 16.9 Å². The molecule has 1 aromatic heterocycles. The molecule has 0 saturated carbocycles. The lowest BCUT2D eigenvalue weighted by Gasteiger charge is -2.06. The largest absolute Gasteiger partial charge is 0.497 e. The molecule has 0 bridgehead atoms. The molecule has 0 aliphatic rings. The summed E-state index contributed by atoms with van der Waals surface area (Å²) in [6.07, 6.45) is 0.388. The molecule has 0 radical (unpaired) electrons. The number of benzene rings is 1. The number of ether oxygens (including phenoxy) is 1. The molecule has 0 amide bonds. The maximum Gasteiger partial charge on any atom is 0.303 e. The van der Waals surface area contributed by atoms with E-state index in [0.717, 1.165) is 22.3 Å². The molecule has 1 heterocycles. The van der Waals surface area contributed by atoms with Crippen molar-refractivity contribution in [2.24, 2.45) is 0 Å². The van der Waals surface area contributed by atoms with Crippen molar-refractivity contribution in [3.8, 4) is 5.75 Å². The van der Waals surface area contributed by atoms with E-state index in [1.807, 2.05) is 25.1 Å². The molecule has 2 rings (SSSR count). The maximum absolute atomic E-state index is 10.5. The topological polar surface area (TPSA) is 72.3 Å². The monoisotopic (exact) mass is 246 g/mol. The van der Waals surface area contributed by atoms with Crippen LogP contribution in [0.15, 0.2) is 18.2 Å². The number of hydrogen-bond acceptors (Lipinski definition) is 4. The van der Waals surface area contributed by atoms with E-state index in [2.05, 4.69) is 9.97 Å². The third-order valence-corrected chi connectivity index (χ3v) is 2.70. The highest BCUT2D eigenvalue weighted by molar-refractivity contribution is 5.82. The standard InChI is InChI=1S/C13H14N2O3/c1-8-10-7-9(18-2)3-4-11(10)15-12(14-8)5-6-13(16)17/h3-4,7H,5-6H2,1-2H3,(H,16,17). The van der Waals surface area contributed by atoms with Crippen LogP contribution in [0, 0.1) is 6.92 Å². The molecule has 0 atom stereocenters. The van der Waals surface area contributed by atoms with Crippen LogP contribution in [0.2, 0.25) is 0 Å². The fourth-order valence-electron chi connectivity index (χ4n) is 1.78. The van der Waals surface area contributed by atoms with Crippen molar-refractivity contribution in [2.45, 2.75) is 19.8 Å². The molecule has 0 aliphatic carbocycles. The van der Waals surface area contributed by atoms with E-state index in [9.17, 15) is 4.79 Å². The summed E-state index contributed by atoms with van der Waals surface area (Å²) in [7, 11) is 1.61. The zero-order chi connectivity index (χ0) is 13.1. The van der Waals surface area contributed by atoms with Crippen LogP contribution in [-0.2, 0) is 11.2 Å². The second-order valence-electron chi connectivity index (χ2n) is 4.00. The third kappa shape index (κ3) is 2.56. The number of methoxy groups -OCH3 is 1. The Morgan fingerprint density at radius 2 is 2.17 bits per heavy atom. The fourth-order valence-corrected chi connectivity index (χ4v) is 1.78. The Balaban J connectivity index is 2.40. The number of hydrogen-bond donors (Lipinski definition) is 1. The van der Waals surface area contributed by atoms with E-state index >= 15 is 0 Å². The number of carboxylic acids is 1. The molecule has 0 aliphatic heterocycles. The summed E-state index contributed by atoms with van der Waals surface area (Å²) in [5, 5.41) is 9.58. The van der Waals surface area contributed by atoms with Gasteiger partial charge in [-0.15, -0.1) is 0 Å². The number of aromatic nitrogens is 2. The Bertz CT molecular complexity index is 596. The molecule has 18 heavy (non-hydrogen) atoms. The van der Waals surface area contributed by atoms with Gasteiger partial charge in [-0.3, -0.25) is 4.79 Å². The number of fused-ring (bicyclic) bond motifs is 1. The quantitative estimate of drug-likeness (QED) is 0.892. The lowest BCUT2D eigenvalue weighted by Crippen LogP contribution is -2.03. The molecule has 2 aromatic rings. The van der Waals surface area contributed by atoms with Gasteiger partial charge in [0.15, 0.2) is 0 Å². The number of carboxylic acid groups (broad SMARTS) is 1. The Labute approximate surface area is 104 Å². The van der Waals surface area contributed by atoms with Gasteiger partial charge in [0.25, 0.3) is 0 Å². The molecular formula is C13H14N2O3. The van der Waals surface area contributed by atoms with Gasteiger partial charge >= 0.3 is 5.97 Å². The summed E-state index contributed by atoms with van der Waals surface area (Å²) in [4.78, 5) is 19.2. The van der Waals surface area contributed by atoms with Gasteiger partial charge < -0.3 is 9.84 Å².